The zero-order chi connectivity index (χ0) is 17.3. The lowest BCUT2D eigenvalue weighted by molar-refractivity contribution is 0.241. The molecule has 1 rings (SSSR count). The molecule has 6 heteroatoms. The second kappa shape index (κ2) is 12.0. The summed E-state index contributed by atoms with van der Waals surface area (Å²) in [5, 5.41) is 7.33. The second-order valence-electron chi connectivity index (χ2n) is 6.95. The highest BCUT2D eigenvalue weighted by molar-refractivity contribution is 14.0. The minimum atomic E-state index is 0. The summed E-state index contributed by atoms with van der Waals surface area (Å²) in [5.74, 6) is 0.873. The minimum absolute atomic E-state index is 0. The van der Waals surface area contributed by atoms with Crippen LogP contribution in [0.1, 0.15) is 20.8 Å². The molecule has 138 valence electrons. The number of hydrogen-bond donors (Lipinski definition) is 2. The van der Waals surface area contributed by atoms with Gasteiger partial charge in [-0.05, 0) is 31.6 Å². The van der Waals surface area contributed by atoms with E-state index < -0.39 is 0 Å². The van der Waals surface area contributed by atoms with Crippen molar-refractivity contribution in [1.82, 2.24) is 15.5 Å². The van der Waals surface area contributed by atoms with Crippen LogP contribution in [0.25, 0.3) is 0 Å². The van der Waals surface area contributed by atoms with Gasteiger partial charge in [0.2, 0.25) is 0 Å². The van der Waals surface area contributed by atoms with E-state index in [2.05, 4.69) is 79.7 Å². The number of rotatable bonds is 8. The summed E-state index contributed by atoms with van der Waals surface area (Å²) in [6.07, 6.45) is 0. The molecule has 0 saturated carbocycles. The number of hydrogen-bond acceptors (Lipinski definition) is 3. The van der Waals surface area contributed by atoms with Crippen molar-refractivity contribution < 1.29 is 0 Å². The van der Waals surface area contributed by atoms with E-state index in [0.29, 0.717) is 5.25 Å². The summed E-state index contributed by atoms with van der Waals surface area (Å²) in [5.41, 5.74) is 0.200. The van der Waals surface area contributed by atoms with Crippen LogP contribution in [0.2, 0.25) is 0 Å². The smallest absolute Gasteiger partial charge is 0.191 e. The van der Waals surface area contributed by atoms with Gasteiger partial charge in [-0.1, -0.05) is 39.0 Å². The van der Waals surface area contributed by atoms with Gasteiger partial charge in [0.05, 0.1) is 0 Å². The van der Waals surface area contributed by atoms with Gasteiger partial charge in [0.1, 0.15) is 0 Å². The molecule has 0 amide bonds. The molecule has 0 aliphatic heterocycles. The summed E-state index contributed by atoms with van der Waals surface area (Å²) >= 11 is 1.88. The standard InChI is InChI=1S/C18H32N4S.HI/c1-15(23-16-10-8-7-9-11-16)12-20-17(19-4)21-13-18(2,3)14-22(5)6;/h7-11,15H,12-14H2,1-6H3,(H2,19,20,21);1H. The molecule has 0 spiro atoms. The van der Waals surface area contributed by atoms with E-state index in [4.69, 9.17) is 0 Å². The number of thioether (sulfide) groups is 1. The third-order valence-electron chi connectivity index (χ3n) is 3.34. The average Bonchev–Trinajstić information content (AvgIpc) is 2.47. The van der Waals surface area contributed by atoms with Crippen LogP contribution < -0.4 is 10.6 Å². The van der Waals surface area contributed by atoms with Crippen molar-refractivity contribution in [3.63, 3.8) is 0 Å². The van der Waals surface area contributed by atoms with E-state index in [0.717, 1.165) is 25.6 Å². The Labute approximate surface area is 169 Å². The average molecular weight is 464 g/mol. The topological polar surface area (TPSA) is 39.7 Å². The molecule has 24 heavy (non-hydrogen) atoms. The third kappa shape index (κ3) is 10.4. The van der Waals surface area contributed by atoms with Gasteiger partial charge in [0.15, 0.2) is 5.96 Å². The maximum atomic E-state index is 4.32. The summed E-state index contributed by atoms with van der Waals surface area (Å²) in [7, 11) is 6.04. The maximum absolute atomic E-state index is 4.32. The van der Waals surface area contributed by atoms with Crippen LogP contribution in [0.15, 0.2) is 40.2 Å². The Morgan fingerprint density at radius 2 is 1.83 bits per heavy atom. The molecular weight excluding hydrogens is 431 g/mol. The SMILES string of the molecule is CN=C(NCC(C)Sc1ccccc1)NCC(C)(C)CN(C)C.I. The normalized spacial score (nSPS) is 13.4. The fourth-order valence-corrected chi connectivity index (χ4v) is 3.41. The summed E-state index contributed by atoms with van der Waals surface area (Å²) in [6, 6.07) is 10.5. The van der Waals surface area contributed by atoms with E-state index in [1.807, 2.05) is 24.9 Å². The van der Waals surface area contributed by atoms with Crippen LogP contribution >= 0.6 is 35.7 Å². The number of nitrogens with one attached hydrogen (secondary N) is 2. The van der Waals surface area contributed by atoms with Crippen molar-refractivity contribution in [3.05, 3.63) is 30.3 Å². The number of halogens is 1. The van der Waals surface area contributed by atoms with Crippen molar-refractivity contribution in [2.24, 2.45) is 10.4 Å². The molecule has 1 unspecified atom stereocenters. The molecule has 0 fully saturated rings. The Bertz CT molecular complexity index is 477. The lowest BCUT2D eigenvalue weighted by Gasteiger charge is -2.29. The van der Waals surface area contributed by atoms with Crippen LogP contribution in [-0.2, 0) is 0 Å². The first-order valence-electron chi connectivity index (χ1n) is 8.13. The first-order chi connectivity index (χ1) is 10.8. The molecule has 1 aromatic carbocycles. The summed E-state index contributed by atoms with van der Waals surface area (Å²) in [6.45, 7) is 9.58. The fraction of sp³-hybridized carbons (Fsp3) is 0.611. The zero-order valence-corrected chi connectivity index (χ0v) is 18.9. The summed E-state index contributed by atoms with van der Waals surface area (Å²) < 4.78 is 0. The molecule has 1 atom stereocenters. The fourth-order valence-electron chi connectivity index (χ4n) is 2.47. The van der Waals surface area contributed by atoms with Crippen LogP contribution in [-0.4, -0.2) is 56.9 Å². The Hall–Kier alpha value is -0.470. The van der Waals surface area contributed by atoms with E-state index in [1.54, 1.807) is 0 Å². The van der Waals surface area contributed by atoms with E-state index in [1.165, 1.54) is 4.90 Å². The maximum Gasteiger partial charge on any atom is 0.191 e. The molecule has 0 heterocycles. The lowest BCUT2D eigenvalue weighted by Crippen LogP contribution is -2.46. The van der Waals surface area contributed by atoms with Gasteiger partial charge in [-0.2, -0.15) is 0 Å². The van der Waals surface area contributed by atoms with Crippen molar-refractivity contribution >= 4 is 41.7 Å². The molecule has 0 bridgehead atoms. The monoisotopic (exact) mass is 464 g/mol. The first kappa shape index (κ1) is 23.5. The zero-order valence-electron chi connectivity index (χ0n) is 15.8. The minimum Gasteiger partial charge on any atom is -0.356 e. The molecule has 0 aliphatic carbocycles. The van der Waals surface area contributed by atoms with Gasteiger partial charge in [-0.15, -0.1) is 35.7 Å². The number of aliphatic imine (C=N–C) groups is 1. The Kier molecular flexibility index (Phi) is 11.7. The quantitative estimate of drug-likeness (QED) is 0.267. The van der Waals surface area contributed by atoms with Crippen molar-refractivity contribution in [2.45, 2.75) is 30.9 Å². The van der Waals surface area contributed by atoms with Gasteiger partial charge in [-0.25, -0.2) is 0 Å². The molecule has 0 radical (unpaired) electrons. The van der Waals surface area contributed by atoms with Crippen molar-refractivity contribution in [2.75, 3.05) is 40.8 Å². The highest BCUT2D eigenvalue weighted by Gasteiger charge is 2.19. The molecule has 2 N–H and O–H groups in total. The van der Waals surface area contributed by atoms with Crippen molar-refractivity contribution in [1.29, 1.82) is 0 Å². The highest BCUT2D eigenvalue weighted by Crippen LogP contribution is 2.21. The number of nitrogens with zero attached hydrogens (tertiary/aromatic N) is 2. The van der Waals surface area contributed by atoms with E-state index in [-0.39, 0.29) is 29.4 Å². The Morgan fingerprint density at radius 3 is 2.38 bits per heavy atom. The largest absolute Gasteiger partial charge is 0.356 e. The number of benzene rings is 1. The van der Waals surface area contributed by atoms with Crippen LogP contribution in [0, 0.1) is 5.41 Å². The van der Waals surface area contributed by atoms with Gasteiger partial charge in [-0.3, -0.25) is 4.99 Å². The first-order valence-corrected chi connectivity index (χ1v) is 9.01. The van der Waals surface area contributed by atoms with Crippen LogP contribution in [0.3, 0.4) is 0 Å². The third-order valence-corrected chi connectivity index (χ3v) is 4.45. The predicted molar refractivity (Wildman–Crippen MR) is 119 cm³/mol. The van der Waals surface area contributed by atoms with Gasteiger partial charge >= 0.3 is 0 Å². The molecule has 0 aromatic heterocycles. The summed E-state index contributed by atoms with van der Waals surface area (Å²) in [4.78, 5) is 7.84. The molecule has 0 aliphatic rings. The molecule has 1 aromatic rings. The second-order valence-corrected chi connectivity index (χ2v) is 8.46. The van der Waals surface area contributed by atoms with E-state index >= 15 is 0 Å². The lowest BCUT2D eigenvalue weighted by atomic mass is 9.93. The molecule has 0 saturated heterocycles. The van der Waals surface area contributed by atoms with Gasteiger partial charge < -0.3 is 15.5 Å². The van der Waals surface area contributed by atoms with Gasteiger partial charge in [0.25, 0.3) is 0 Å². The van der Waals surface area contributed by atoms with Crippen LogP contribution in [0.4, 0.5) is 0 Å². The highest BCUT2D eigenvalue weighted by atomic mass is 127. The van der Waals surface area contributed by atoms with Crippen LogP contribution in [0.5, 0.6) is 0 Å². The molecular formula is C18H33IN4S. The predicted octanol–water partition coefficient (Wildman–Crippen LogP) is 3.54. The Balaban J connectivity index is 0.00000529. The Morgan fingerprint density at radius 1 is 1.21 bits per heavy atom. The van der Waals surface area contributed by atoms with Crippen molar-refractivity contribution in [3.8, 4) is 0 Å². The van der Waals surface area contributed by atoms with Gasteiger partial charge in [0, 0.05) is 36.8 Å². The molecule has 4 nitrogen and oxygen atoms in total. The number of guanidine groups is 1. The van der Waals surface area contributed by atoms with E-state index in [9.17, 15) is 0 Å².